The van der Waals surface area contributed by atoms with Crippen LogP contribution in [0.15, 0.2) is 24.5 Å². The number of nitrogens with zero attached hydrogens (tertiary/aromatic N) is 1. The SMILES string of the molecule is CCOc1c(OC)ccc(C(=O)Cc2c(Cl)cncc2Cl)c1OCC(=O)O. The molecular weight excluding hydrogens is 397 g/mol. The van der Waals surface area contributed by atoms with Gasteiger partial charge in [0.1, 0.15) is 0 Å². The molecule has 0 unspecified atom stereocenters. The summed E-state index contributed by atoms with van der Waals surface area (Å²) in [5.74, 6) is -1.12. The molecular formula is C18H17Cl2NO6. The van der Waals surface area contributed by atoms with Gasteiger partial charge in [0.05, 0.1) is 29.3 Å². The number of Topliss-reactive ketones (excluding diaryl/α,β-unsaturated/α-hetero) is 1. The molecule has 27 heavy (non-hydrogen) atoms. The third-order valence-corrected chi connectivity index (χ3v) is 4.17. The Balaban J connectivity index is 2.48. The van der Waals surface area contributed by atoms with E-state index in [0.717, 1.165) is 0 Å². The molecule has 1 N–H and O–H groups in total. The zero-order valence-corrected chi connectivity index (χ0v) is 16.1. The number of halogens is 2. The highest BCUT2D eigenvalue weighted by atomic mass is 35.5. The molecule has 0 aliphatic rings. The standard InChI is InChI=1S/C18H17Cl2NO6/c1-3-26-18-15(25-2)5-4-10(17(18)27-9-16(23)24)14(22)6-11-12(19)7-21-8-13(11)20/h4-5,7-8H,3,6,9H2,1-2H3,(H,23,24). The van der Waals surface area contributed by atoms with Crippen molar-refractivity contribution >= 4 is 35.0 Å². The van der Waals surface area contributed by atoms with E-state index in [2.05, 4.69) is 4.98 Å². The summed E-state index contributed by atoms with van der Waals surface area (Å²) in [5, 5.41) is 9.44. The number of carboxylic acids is 1. The normalized spacial score (nSPS) is 10.4. The lowest BCUT2D eigenvalue weighted by Gasteiger charge is -2.17. The largest absolute Gasteiger partial charge is 0.493 e. The number of carbonyl (C=O) groups excluding carboxylic acids is 1. The number of rotatable bonds is 9. The van der Waals surface area contributed by atoms with Gasteiger partial charge in [-0.05, 0) is 19.1 Å². The van der Waals surface area contributed by atoms with E-state index in [1.54, 1.807) is 13.0 Å². The summed E-state index contributed by atoms with van der Waals surface area (Å²) in [6, 6.07) is 3.02. The van der Waals surface area contributed by atoms with Crippen LogP contribution in [-0.4, -0.2) is 42.2 Å². The van der Waals surface area contributed by atoms with Crippen molar-refractivity contribution in [1.29, 1.82) is 0 Å². The number of pyridine rings is 1. The molecule has 144 valence electrons. The van der Waals surface area contributed by atoms with Gasteiger partial charge in [0, 0.05) is 24.4 Å². The zero-order chi connectivity index (χ0) is 20.0. The van der Waals surface area contributed by atoms with Crippen LogP contribution in [0.2, 0.25) is 10.0 Å². The lowest BCUT2D eigenvalue weighted by molar-refractivity contribution is -0.139. The maximum absolute atomic E-state index is 12.9. The zero-order valence-electron chi connectivity index (χ0n) is 14.6. The molecule has 1 aromatic heterocycles. The predicted octanol–water partition coefficient (Wildman–Crippen LogP) is 3.68. The van der Waals surface area contributed by atoms with Crippen LogP contribution in [0.5, 0.6) is 17.2 Å². The number of methoxy groups -OCH3 is 1. The average molecular weight is 414 g/mol. The molecule has 0 saturated carbocycles. The lowest BCUT2D eigenvalue weighted by atomic mass is 10.0. The van der Waals surface area contributed by atoms with Crippen LogP contribution in [0, 0.1) is 0 Å². The third kappa shape index (κ3) is 5.02. The van der Waals surface area contributed by atoms with Crippen molar-refractivity contribution < 1.29 is 28.9 Å². The Morgan fingerprint density at radius 1 is 1.11 bits per heavy atom. The molecule has 0 fully saturated rings. The third-order valence-electron chi connectivity index (χ3n) is 3.51. The minimum Gasteiger partial charge on any atom is -0.493 e. The molecule has 2 rings (SSSR count). The first-order chi connectivity index (χ1) is 12.9. The first-order valence-electron chi connectivity index (χ1n) is 7.88. The Kier molecular flexibility index (Phi) is 7.27. The van der Waals surface area contributed by atoms with Crippen molar-refractivity contribution in [3.05, 3.63) is 45.7 Å². The first kappa shape index (κ1) is 20.8. The molecule has 9 heteroatoms. The molecule has 0 atom stereocenters. The van der Waals surface area contributed by atoms with Gasteiger partial charge in [-0.15, -0.1) is 0 Å². The molecule has 0 amide bonds. The second-order valence-electron chi connectivity index (χ2n) is 5.27. The van der Waals surface area contributed by atoms with E-state index in [9.17, 15) is 9.59 Å². The Labute approximate surface area is 165 Å². The van der Waals surface area contributed by atoms with Crippen LogP contribution >= 0.6 is 23.2 Å². The fraction of sp³-hybridized carbons (Fsp3) is 0.278. The smallest absolute Gasteiger partial charge is 0.341 e. The molecule has 0 saturated heterocycles. The van der Waals surface area contributed by atoms with Crippen molar-refractivity contribution in [1.82, 2.24) is 4.98 Å². The topological polar surface area (TPSA) is 95.0 Å². The van der Waals surface area contributed by atoms with Crippen LogP contribution < -0.4 is 14.2 Å². The second kappa shape index (κ2) is 9.43. The van der Waals surface area contributed by atoms with Crippen molar-refractivity contribution in [2.75, 3.05) is 20.3 Å². The highest BCUT2D eigenvalue weighted by Crippen LogP contribution is 2.41. The number of hydrogen-bond acceptors (Lipinski definition) is 6. The number of aromatic nitrogens is 1. The first-order valence-corrected chi connectivity index (χ1v) is 8.64. The number of carboxylic acid groups (broad SMARTS) is 1. The molecule has 0 aliphatic heterocycles. The summed E-state index contributed by atoms with van der Waals surface area (Å²) in [7, 11) is 1.43. The quantitative estimate of drug-likeness (QED) is 0.626. The minimum atomic E-state index is -1.20. The molecule has 7 nitrogen and oxygen atoms in total. The molecule has 0 bridgehead atoms. The van der Waals surface area contributed by atoms with Gasteiger partial charge in [0.15, 0.2) is 23.9 Å². The molecule has 0 aliphatic carbocycles. The van der Waals surface area contributed by atoms with Crippen molar-refractivity contribution in [3.8, 4) is 17.2 Å². The maximum Gasteiger partial charge on any atom is 0.341 e. The van der Waals surface area contributed by atoms with Gasteiger partial charge in [-0.25, -0.2) is 4.79 Å². The van der Waals surface area contributed by atoms with Gasteiger partial charge in [-0.1, -0.05) is 23.2 Å². The van der Waals surface area contributed by atoms with E-state index in [4.69, 9.17) is 42.5 Å². The number of hydrogen-bond donors (Lipinski definition) is 1. The number of ether oxygens (including phenoxy) is 3. The van der Waals surface area contributed by atoms with E-state index in [1.165, 1.54) is 25.6 Å². The predicted molar refractivity (Wildman–Crippen MR) is 99.6 cm³/mol. The number of benzene rings is 1. The maximum atomic E-state index is 12.9. The van der Waals surface area contributed by atoms with Gasteiger partial charge in [0.25, 0.3) is 0 Å². The Morgan fingerprint density at radius 2 is 1.78 bits per heavy atom. The van der Waals surface area contributed by atoms with Gasteiger partial charge < -0.3 is 19.3 Å². The van der Waals surface area contributed by atoms with Gasteiger partial charge in [-0.3, -0.25) is 9.78 Å². The van der Waals surface area contributed by atoms with E-state index >= 15 is 0 Å². The van der Waals surface area contributed by atoms with E-state index in [0.29, 0.717) is 11.3 Å². The van der Waals surface area contributed by atoms with Gasteiger partial charge >= 0.3 is 5.97 Å². The van der Waals surface area contributed by atoms with Crippen LogP contribution in [-0.2, 0) is 11.2 Å². The van der Waals surface area contributed by atoms with Crippen LogP contribution in [0.1, 0.15) is 22.8 Å². The lowest BCUT2D eigenvalue weighted by Crippen LogP contribution is -2.15. The monoisotopic (exact) mass is 413 g/mol. The highest BCUT2D eigenvalue weighted by Gasteiger charge is 2.24. The molecule has 1 aromatic carbocycles. The molecule has 0 spiro atoms. The highest BCUT2D eigenvalue weighted by molar-refractivity contribution is 6.36. The number of aliphatic carboxylic acids is 1. The van der Waals surface area contributed by atoms with Crippen LogP contribution in [0.4, 0.5) is 0 Å². The summed E-state index contributed by atoms with van der Waals surface area (Å²) in [4.78, 5) is 27.7. The second-order valence-corrected chi connectivity index (χ2v) is 6.09. The van der Waals surface area contributed by atoms with Gasteiger partial charge in [0.2, 0.25) is 5.75 Å². The van der Waals surface area contributed by atoms with E-state index in [1.807, 2.05) is 0 Å². The fourth-order valence-corrected chi connectivity index (χ4v) is 2.84. The summed E-state index contributed by atoms with van der Waals surface area (Å²) in [5.41, 5.74) is 0.542. The Morgan fingerprint density at radius 3 is 2.33 bits per heavy atom. The molecule has 0 radical (unpaired) electrons. The summed E-state index contributed by atoms with van der Waals surface area (Å²) >= 11 is 12.2. The molecule has 1 heterocycles. The van der Waals surface area contributed by atoms with Crippen LogP contribution in [0.3, 0.4) is 0 Å². The van der Waals surface area contributed by atoms with Gasteiger partial charge in [-0.2, -0.15) is 0 Å². The number of carbonyl (C=O) groups is 2. The number of ketones is 1. The Bertz CT molecular complexity index is 836. The van der Waals surface area contributed by atoms with Crippen molar-refractivity contribution in [2.45, 2.75) is 13.3 Å². The molecule has 2 aromatic rings. The Hall–Kier alpha value is -2.51. The van der Waals surface area contributed by atoms with Crippen LogP contribution in [0.25, 0.3) is 0 Å². The van der Waals surface area contributed by atoms with E-state index in [-0.39, 0.29) is 45.9 Å². The van der Waals surface area contributed by atoms with Crippen molar-refractivity contribution in [3.63, 3.8) is 0 Å². The summed E-state index contributed by atoms with van der Waals surface area (Å²) in [6.07, 6.45) is 2.65. The summed E-state index contributed by atoms with van der Waals surface area (Å²) in [6.45, 7) is 1.36. The fourth-order valence-electron chi connectivity index (χ4n) is 2.35. The van der Waals surface area contributed by atoms with Crippen molar-refractivity contribution in [2.24, 2.45) is 0 Å². The minimum absolute atomic E-state index is 0.00935. The van der Waals surface area contributed by atoms with E-state index < -0.39 is 12.6 Å². The summed E-state index contributed by atoms with van der Waals surface area (Å²) < 4.78 is 16.1. The average Bonchev–Trinajstić information content (AvgIpc) is 2.63.